The maximum absolute atomic E-state index is 13.1. The quantitative estimate of drug-likeness (QED) is 0.747. The van der Waals surface area contributed by atoms with Gasteiger partial charge < -0.3 is 14.8 Å². The second kappa shape index (κ2) is 8.93. The summed E-state index contributed by atoms with van der Waals surface area (Å²) < 4.78 is 38.5. The van der Waals surface area contributed by atoms with Gasteiger partial charge in [0.05, 0.1) is 29.9 Å². The second-order valence-electron chi connectivity index (χ2n) is 7.36. The predicted octanol–water partition coefficient (Wildman–Crippen LogP) is 3.71. The lowest BCUT2D eigenvalue weighted by atomic mass is 10.1. The normalized spacial score (nSPS) is 20.0. The Morgan fingerprint density at radius 2 is 1.87 bits per heavy atom. The first-order valence-electron chi connectivity index (χ1n) is 9.53. The lowest BCUT2D eigenvalue weighted by Crippen LogP contribution is -2.48. The maximum atomic E-state index is 13.1. The van der Waals surface area contributed by atoms with Crippen molar-refractivity contribution >= 4 is 33.2 Å². The Labute approximate surface area is 182 Å². The molecule has 162 valence electrons. The van der Waals surface area contributed by atoms with Crippen molar-refractivity contribution in [2.24, 2.45) is 0 Å². The Kier molecular flexibility index (Phi) is 6.71. The molecule has 2 aromatic rings. The van der Waals surface area contributed by atoms with Gasteiger partial charge in [0, 0.05) is 29.7 Å². The lowest BCUT2D eigenvalue weighted by Gasteiger charge is -2.34. The first kappa shape index (κ1) is 22.6. The molecular formula is C21H25ClN2O5S. The molecule has 0 radical (unpaired) electrons. The smallest absolute Gasteiger partial charge is 0.255 e. The minimum atomic E-state index is -3.75. The van der Waals surface area contributed by atoms with Crippen molar-refractivity contribution < 1.29 is 22.7 Å². The van der Waals surface area contributed by atoms with Gasteiger partial charge in [-0.25, -0.2) is 8.42 Å². The number of hydrogen-bond acceptors (Lipinski definition) is 5. The van der Waals surface area contributed by atoms with E-state index in [1.807, 2.05) is 20.8 Å². The Morgan fingerprint density at radius 3 is 2.50 bits per heavy atom. The molecule has 0 bridgehead atoms. The number of aryl methyl sites for hydroxylation is 1. The molecular weight excluding hydrogens is 428 g/mol. The van der Waals surface area contributed by atoms with E-state index in [0.717, 1.165) is 5.56 Å². The highest BCUT2D eigenvalue weighted by Gasteiger charge is 2.32. The molecule has 1 fully saturated rings. The van der Waals surface area contributed by atoms with Crippen molar-refractivity contribution in [3.05, 3.63) is 52.5 Å². The molecule has 1 amide bonds. The van der Waals surface area contributed by atoms with Gasteiger partial charge in [0.2, 0.25) is 10.0 Å². The summed E-state index contributed by atoms with van der Waals surface area (Å²) in [5, 5.41) is 3.29. The van der Waals surface area contributed by atoms with Crippen molar-refractivity contribution in [2.45, 2.75) is 37.9 Å². The highest BCUT2D eigenvalue weighted by Crippen LogP contribution is 2.31. The van der Waals surface area contributed by atoms with Crippen LogP contribution in [0.5, 0.6) is 5.75 Å². The molecule has 0 spiro atoms. The van der Waals surface area contributed by atoms with Crippen LogP contribution in [-0.2, 0) is 14.8 Å². The van der Waals surface area contributed by atoms with E-state index in [1.165, 1.54) is 23.5 Å². The van der Waals surface area contributed by atoms with E-state index in [4.69, 9.17) is 21.1 Å². The zero-order chi connectivity index (χ0) is 22.1. The number of ether oxygens (including phenoxy) is 2. The van der Waals surface area contributed by atoms with Crippen LogP contribution in [0.15, 0.2) is 41.3 Å². The topological polar surface area (TPSA) is 84.9 Å². The van der Waals surface area contributed by atoms with Gasteiger partial charge in [-0.1, -0.05) is 17.7 Å². The Balaban J connectivity index is 1.87. The summed E-state index contributed by atoms with van der Waals surface area (Å²) in [6.07, 6.45) is -0.397. The molecule has 0 aliphatic carbocycles. The van der Waals surface area contributed by atoms with Crippen molar-refractivity contribution in [3.63, 3.8) is 0 Å². The summed E-state index contributed by atoms with van der Waals surface area (Å²) in [7, 11) is -2.27. The van der Waals surface area contributed by atoms with E-state index in [9.17, 15) is 13.2 Å². The van der Waals surface area contributed by atoms with E-state index >= 15 is 0 Å². The molecule has 1 aliphatic rings. The maximum Gasteiger partial charge on any atom is 0.255 e. The molecule has 1 N–H and O–H groups in total. The molecule has 2 atom stereocenters. The number of carbonyl (C=O) groups is 1. The SMILES string of the molecule is COc1cc(Cl)c(C)cc1NC(=O)c1cccc(S(=O)(=O)N2C[C@@H](C)O[C@@H](C)C2)c1. The van der Waals surface area contributed by atoms with Gasteiger partial charge >= 0.3 is 0 Å². The number of anilines is 1. The van der Waals surface area contributed by atoms with Gasteiger partial charge in [0.25, 0.3) is 5.91 Å². The molecule has 0 aromatic heterocycles. The average molecular weight is 453 g/mol. The molecule has 1 heterocycles. The number of hydrogen-bond donors (Lipinski definition) is 1. The molecule has 3 rings (SSSR count). The van der Waals surface area contributed by atoms with E-state index in [2.05, 4.69) is 5.32 Å². The van der Waals surface area contributed by atoms with Crippen molar-refractivity contribution in [3.8, 4) is 5.75 Å². The molecule has 0 unspecified atom stereocenters. The number of benzene rings is 2. The largest absolute Gasteiger partial charge is 0.495 e. The summed E-state index contributed by atoms with van der Waals surface area (Å²) in [4.78, 5) is 12.9. The second-order valence-corrected chi connectivity index (χ2v) is 9.71. The summed E-state index contributed by atoms with van der Waals surface area (Å²) in [5.74, 6) is -0.0326. The van der Waals surface area contributed by atoms with Crippen LogP contribution in [0.3, 0.4) is 0 Å². The summed E-state index contributed by atoms with van der Waals surface area (Å²) >= 11 is 6.11. The van der Waals surface area contributed by atoms with Gasteiger partial charge in [-0.3, -0.25) is 4.79 Å². The Hall–Kier alpha value is -2.13. The molecule has 2 aromatic carbocycles. The third kappa shape index (κ3) is 4.78. The number of methoxy groups -OCH3 is 1. The van der Waals surface area contributed by atoms with Gasteiger partial charge in [0.15, 0.2) is 0 Å². The fourth-order valence-corrected chi connectivity index (χ4v) is 5.19. The number of carbonyl (C=O) groups excluding carboxylic acids is 1. The summed E-state index contributed by atoms with van der Waals surface area (Å²) in [5.41, 5.74) is 1.45. The number of rotatable bonds is 5. The monoisotopic (exact) mass is 452 g/mol. The molecule has 30 heavy (non-hydrogen) atoms. The standard InChI is InChI=1S/C21H25ClN2O5S/c1-13-8-19(20(28-4)10-18(13)22)23-21(25)16-6-5-7-17(9-16)30(26,27)24-11-14(2)29-15(3)12-24/h5-10,14-15H,11-12H2,1-4H3,(H,23,25)/t14-,15+. The molecule has 7 nitrogen and oxygen atoms in total. The number of halogens is 1. The van der Waals surface area contributed by atoms with Crippen LogP contribution >= 0.6 is 11.6 Å². The summed E-state index contributed by atoms with van der Waals surface area (Å²) in [6.45, 7) is 6.02. The predicted molar refractivity (Wildman–Crippen MR) is 116 cm³/mol. The minimum Gasteiger partial charge on any atom is -0.495 e. The minimum absolute atomic E-state index is 0.0655. The van der Waals surface area contributed by atoms with Crippen LogP contribution < -0.4 is 10.1 Å². The third-order valence-electron chi connectivity index (χ3n) is 4.85. The van der Waals surface area contributed by atoms with E-state index in [-0.39, 0.29) is 35.8 Å². The number of sulfonamides is 1. The highest BCUT2D eigenvalue weighted by atomic mass is 35.5. The van der Waals surface area contributed by atoms with E-state index in [0.29, 0.717) is 16.5 Å². The first-order chi connectivity index (χ1) is 14.1. The van der Waals surface area contributed by atoms with E-state index < -0.39 is 15.9 Å². The van der Waals surface area contributed by atoms with Crippen LogP contribution in [0.1, 0.15) is 29.8 Å². The number of nitrogens with zero attached hydrogens (tertiary/aromatic N) is 1. The van der Waals surface area contributed by atoms with Crippen LogP contribution in [0.2, 0.25) is 5.02 Å². The Bertz CT molecular complexity index is 1050. The van der Waals surface area contributed by atoms with Crippen LogP contribution in [0, 0.1) is 6.92 Å². The molecule has 9 heteroatoms. The third-order valence-corrected chi connectivity index (χ3v) is 7.08. The van der Waals surface area contributed by atoms with E-state index in [1.54, 1.807) is 24.3 Å². The lowest BCUT2D eigenvalue weighted by molar-refractivity contribution is -0.0440. The number of amides is 1. The van der Waals surface area contributed by atoms with Gasteiger partial charge in [0.1, 0.15) is 5.75 Å². The molecule has 1 saturated heterocycles. The fourth-order valence-electron chi connectivity index (χ4n) is 3.40. The van der Waals surface area contributed by atoms with Gasteiger partial charge in [-0.05, 0) is 50.6 Å². The average Bonchev–Trinajstić information content (AvgIpc) is 2.69. The van der Waals surface area contributed by atoms with Crippen LogP contribution in [0.25, 0.3) is 0 Å². The molecule has 1 aliphatic heterocycles. The summed E-state index contributed by atoms with van der Waals surface area (Å²) in [6, 6.07) is 9.31. The zero-order valence-corrected chi connectivity index (χ0v) is 18.9. The highest BCUT2D eigenvalue weighted by molar-refractivity contribution is 7.89. The van der Waals surface area contributed by atoms with Crippen LogP contribution in [0.4, 0.5) is 5.69 Å². The molecule has 0 saturated carbocycles. The number of nitrogens with one attached hydrogen (secondary N) is 1. The zero-order valence-electron chi connectivity index (χ0n) is 17.3. The first-order valence-corrected chi connectivity index (χ1v) is 11.3. The van der Waals surface area contributed by atoms with Crippen molar-refractivity contribution in [2.75, 3.05) is 25.5 Å². The fraction of sp³-hybridized carbons (Fsp3) is 0.381. The van der Waals surface area contributed by atoms with Gasteiger partial charge in [-0.2, -0.15) is 4.31 Å². The number of morpholine rings is 1. The van der Waals surface area contributed by atoms with Gasteiger partial charge in [-0.15, -0.1) is 0 Å². The Morgan fingerprint density at radius 1 is 1.20 bits per heavy atom. The van der Waals surface area contributed by atoms with Crippen molar-refractivity contribution in [1.82, 2.24) is 4.31 Å². The van der Waals surface area contributed by atoms with Crippen molar-refractivity contribution in [1.29, 1.82) is 0 Å². The van der Waals surface area contributed by atoms with Crippen LogP contribution in [-0.4, -0.2) is 51.0 Å².